The molecule has 1 aromatic carbocycles. The highest BCUT2D eigenvalue weighted by Crippen LogP contribution is 2.37. The summed E-state index contributed by atoms with van der Waals surface area (Å²) in [5.74, 6) is 1.14. The van der Waals surface area contributed by atoms with E-state index < -0.39 is 36.2 Å². The number of aromatic nitrogens is 2. The van der Waals surface area contributed by atoms with Crippen LogP contribution in [0.25, 0.3) is 0 Å². The number of fused-ring (bicyclic) bond motifs is 1. The maximum Gasteiger partial charge on any atom is 0.361 e. The van der Waals surface area contributed by atoms with Gasteiger partial charge in [-0.15, -0.1) is 0 Å². The number of benzene rings is 1. The van der Waals surface area contributed by atoms with Gasteiger partial charge in [0.05, 0.1) is 12.7 Å². The number of hydrogen-bond donors (Lipinski definition) is 2. The first kappa shape index (κ1) is 16.8. The third kappa shape index (κ3) is 3.00. The van der Waals surface area contributed by atoms with Crippen molar-refractivity contribution < 1.29 is 24.1 Å². The first-order chi connectivity index (χ1) is 12.5. The van der Waals surface area contributed by atoms with Crippen LogP contribution in [0.15, 0.2) is 40.1 Å². The van der Waals surface area contributed by atoms with Gasteiger partial charge in [-0.1, -0.05) is 12.1 Å². The summed E-state index contributed by atoms with van der Waals surface area (Å²) in [6.07, 6.45) is -0.167. The maximum atomic E-state index is 12.0. The van der Waals surface area contributed by atoms with E-state index in [4.69, 9.17) is 18.9 Å². The lowest BCUT2D eigenvalue weighted by Crippen LogP contribution is -2.35. The van der Waals surface area contributed by atoms with Crippen LogP contribution in [0.1, 0.15) is 18.2 Å². The molecule has 0 amide bonds. The van der Waals surface area contributed by atoms with Gasteiger partial charge in [0.2, 0.25) is 0 Å². The average molecular weight is 362 g/mol. The fraction of sp³-hybridized carbons (Fsp3) is 0.412. The lowest BCUT2D eigenvalue weighted by atomic mass is 10.2. The van der Waals surface area contributed by atoms with Crippen LogP contribution in [0.3, 0.4) is 0 Å². The maximum absolute atomic E-state index is 12.0. The minimum Gasteiger partial charge on any atom is -0.428 e. The Morgan fingerprint density at radius 3 is 2.62 bits per heavy atom. The number of aliphatic hydroxyl groups is 1. The summed E-state index contributed by atoms with van der Waals surface area (Å²) in [4.78, 5) is 25.8. The molecule has 2 aliphatic heterocycles. The van der Waals surface area contributed by atoms with E-state index in [1.165, 1.54) is 10.8 Å². The van der Waals surface area contributed by atoms with Gasteiger partial charge in [0.25, 0.3) is 5.56 Å². The standard InChI is InChI=1S/C17H18N2O7/c1-9-7-19(16(22)18-15(9)21)14-6-12(13(8-20)23-14)26-17-24-10-4-2-3-5-11(10)25-17/h2-5,7,12-14,17,20H,6,8H2,1H3,(H,18,21,22)/t12-,13+,14+/m0/s1. The van der Waals surface area contributed by atoms with Gasteiger partial charge in [0, 0.05) is 18.2 Å². The Hall–Kier alpha value is -2.62. The van der Waals surface area contributed by atoms with Gasteiger partial charge >= 0.3 is 12.2 Å². The molecule has 2 aromatic rings. The summed E-state index contributed by atoms with van der Waals surface area (Å²) in [6, 6.07) is 7.17. The van der Waals surface area contributed by atoms with Crippen LogP contribution < -0.4 is 20.7 Å². The number of ether oxygens (including phenoxy) is 4. The van der Waals surface area contributed by atoms with Crippen molar-refractivity contribution in [1.29, 1.82) is 0 Å². The lowest BCUT2D eigenvalue weighted by molar-refractivity contribution is -0.215. The normalized spacial score (nSPS) is 24.9. The van der Waals surface area contributed by atoms with Gasteiger partial charge in [-0.25, -0.2) is 4.79 Å². The van der Waals surface area contributed by atoms with E-state index in [-0.39, 0.29) is 13.0 Å². The molecule has 138 valence electrons. The van der Waals surface area contributed by atoms with Crippen molar-refractivity contribution in [3.05, 3.63) is 56.9 Å². The summed E-state index contributed by atoms with van der Waals surface area (Å²) in [6.45, 7) is 0.346. The molecular formula is C17H18N2O7. The minimum atomic E-state index is -0.956. The van der Waals surface area contributed by atoms with E-state index in [9.17, 15) is 14.7 Å². The molecule has 9 nitrogen and oxygen atoms in total. The van der Waals surface area contributed by atoms with E-state index in [0.29, 0.717) is 17.1 Å². The van der Waals surface area contributed by atoms with Crippen LogP contribution in [0.5, 0.6) is 11.5 Å². The van der Waals surface area contributed by atoms with Crippen molar-refractivity contribution >= 4 is 0 Å². The van der Waals surface area contributed by atoms with Crippen LogP contribution in [0, 0.1) is 6.92 Å². The molecule has 0 bridgehead atoms. The quantitative estimate of drug-likeness (QED) is 0.803. The van der Waals surface area contributed by atoms with Crippen LogP contribution in [-0.4, -0.2) is 39.9 Å². The van der Waals surface area contributed by atoms with Gasteiger partial charge < -0.3 is 24.1 Å². The third-order valence-electron chi connectivity index (χ3n) is 4.40. The number of nitrogens with one attached hydrogen (secondary N) is 1. The largest absolute Gasteiger partial charge is 0.428 e. The molecule has 2 N–H and O–H groups in total. The molecule has 1 aromatic heterocycles. The summed E-state index contributed by atoms with van der Waals surface area (Å²) >= 11 is 0. The van der Waals surface area contributed by atoms with Gasteiger partial charge in [0.1, 0.15) is 12.3 Å². The molecule has 3 atom stereocenters. The van der Waals surface area contributed by atoms with Crippen molar-refractivity contribution in [1.82, 2.24) is 9.55 Å². The Morgan fingerprint density at radius 1 is 1.27 bits per heavy atom. The number of aryl methyl sites for hydroxylation is 1. The van der Waals surface area contributed by atoms with E-state index in [1.54, 1.807) is 19.1 Å². The van der Waals surface area contributed by atoms with Gasteiger partial charge in [-0.05, 0) is 19.1 Å². The Balaban J connectivity index is 1.49. The van der Waals surface area contributed by atoms with Crippen molar-refractivity contribution in [2.45, 2.75) is 38.3 Å². The molecule has 0 saturated carbocycles. The van der Waals surface area contributed by atoms with Crippen LogP contribution >= 0.6 is 0 Å². The first-order valence-electron chi connectivity index (χ1n) is 8.21. The number of H-pyrrole nitrogens is 1. The fourth-order valence-corrected chi connectivity index (χ4v) is 3.05. The van der Waals surface area contributed by atoms with E-state index in [0.717, 1.165) is 0 Å². The van der Waals surface area contributed by atoms with E-state index >= 15 is 0 Å². The molecule has 1 fully saturated rings. The fourth-order valence-electron chi connectivity index (χ4n) is 3.05. The SMILES string of the molecule is Cc1cn([C@H]2C[C@H](OC3Oc4ccccc4O3)[C@@H](CO)O2)c(=O)[nH]c1=O. The zero-order chi connectivity index (χ0) is 18.3. The molecule has 0 radical (unpaired) electrons. The predicted octanol–water partition coefficient (Wildman–Crippen LogP) is 0.265. The molecule has 3 heterocycles. The number of nitrogens with zero attached hydrogens (tertiary/aromatic N) is 1. The molecule has 4 rings (SSSR count). The summed E-state index contributed by atoms with van der Waals surface area (Å²) in [5.41, 5.74) is -0.638. The molecular weight excluding hydrogens is 344 g/mol. The lowest BCUT2D eigenvalue weighted by Gasteiger charge is -2.19. The zero-order valence-corrected chi connectivity index (χ0v) is 14.0. The Bertz CT molecular complexity index is 897. The molecule has 0 aliphatic carbocycles. The summed E-state index contributed by atoms with van der Waals surface area (Å²) in [5, 5.41) is 9.58. The second-order valence-corrected chi connectivity index (χ2v) is 6.17. The average Bonchev–Trinajstić information content (AvgIpc) is 3.21. The molecule has 9 heteroatoms. The van der Waals surface area contributed by atoms with Crippen molar-refractivity contribution in [2.75, 3.05) is 6.61 Å². The smallest absolute Gasteiger partial charge is 0.361 e. The van der Waals surface area contributed by atoms with E-state index in [1.807, 2.05) is 12.1 Å². The number of aliphatic hydroxyl groups excluding tert-OH is 1. The first-order valence-corrected chi connectivity index (χ1v) is 8.21. The second kappa shape index (κ2) is 6.60. The highest BCUT2D eigenvalue weighted by molar-refractivity contribution is 5.41. The Morgan fingerprint density at radius 2 is 1.96 bits per heavy atom. The third-order valence-corrected chi connectivity index (χ3v) is 4.40. The van der Waals surface area contributed by atoms with Crippen LogP contribution in [-0.2, 0) is 9.47 Å². The zero-order valence-electron chi connectivity index (χ0n) is 14.0. The second-order valence-electron chi connectivity index (χ2n) is 6.17. The molecule has 1 saturated heterocycles. The number of aromatic amines is 1. The van der Waals surface area contributed by atoms with Crippen molar-refractivity contribution in [3.63, 3.8) is 0 Å². The predicted molar refractivity (Wildman–Crippen MR) is 88.0 cm³/mol. The van der Waals surface area contributed by atoms with Crippen LogP contribution in [0.2, 0.25) is 0 Å². The summed E-state index contributed by atoms with van der Waals surface area (Å²) < 4.78 is 23.9. The summed E-state index contributed by atoms with van der Waals surface area (Å²) in [7, 11) is 0. The van der Waals surface area contributed by atoms with Gasteiger partial charge in [-0.3, -0.25) is 14.3 Å². The number of hydrogen-bond acceptors (Lipinski definition) is 7. The van der Waals surface area contributed by atoms with Gasteiger partial charge in [0.15, 0.2) is 11.5 Å². The monoisotopic (exact) mass is 362 g/mol. The Kier molecular flexibility index (Phi) is 4.27. The molecule has 0 spiro atoms. The Labute approximate surface area is 147 Å². The molecule has 2 aliphatic rings. The minimum absolute atomic E-state index is 0.288. The highest BCUT2D eigenvalue weighted by Gasteiger charge is 2.40. The van der Waals surface area contributed by atoms with E-state index in [2.05, 4.69) is 4.98 Å². The molecule has 0 unspecified atom stereocenters. The van der Waals surface area contributed by atoms with Crippen LogP contribution in [0.4, 0.5) is 0 Å². The highest BCUT2D eigenvalue weighted by atomic mass is 16.9. The van der Waals surface area contributed by atoms with Crippen molar-refractivity contribution in [2.24, 2.45) is 0 Å². The molecule has 26 heavy (non-hydrogen) atoms. The number of rotatable bonds is 4. The van der Waals surface area contributed by atoms with Crippen molar-refractivity contribution in [3.8, 4) is 11.5 Å². The topological polar surface area (TPSA) is 112 Å². The van der Waals surface area contributed by atoms with Gasteiger partial charge in [-0.2, -0.15) is 0 Å². The number of para-hydroxylation sites is 2.